The summed E-state index contributed by atoms with van der Waals surface area (Å²) < 4.78 is 49.0. The van der Waals surface area contributed by atoms with Crippen LogP contribution in [0.4, 0.5) is 13.2 Å². The third kappa shape index (κ3) is 4.83. The molecule has 5 rings (SSSR count). The smallest absolute Gasteiger partial charge is 0.278 e. The fourth-order valence-electron chi connectivity index (χ4n) is 4.75. The monoisotopic (exact) mass is 552 g/mol. The molecule has 0 aliphatic carbocycles. The number of ether oxygens (including phenoxy) is 1. The van der Waals surface area contributed by atoms with E-state index in [0.717, 1.165) is 5.56 Å². The maximum Gasteiger partial charge on any atom is 0.278 e. The van der Waals surface area contributed by atoms with Crippen LogP contribution in [0, 0.1) is 17.5 Å². The molecule has 0 spiro atoms. The average Bonchev–Trinajstić information content (AvgIpc) is 3.01. The summed E-state index contributed by atoms with van der Waals surface area (Å²) in [4.78, 5) is 42.2. The van der Waals surface area contributed by atoms with Crippen LogP contribution in [-0.4, -0.2) is 39.6 Å². The van der Waals surface area contributed by atoms with Crippen molar-refractivity contribution in [3.05, 3.63) is 111 Å². The van der Waals surface area contributed by atoms with Crippen molar-refractivity contribution in [2.24, 2.45) is 0 Å². The second-order valence-corrected chi connectivity index (χ2v) is 10.3. The van der Waals surface area contributed by atoms with Crippen LogP contribution in [0.1, 0.15) is 52.7 Å². The lowest BCUT2D eigenvalue weighted by molar-refractivity contribution is 0.0637. The number of carbonyl (C=O) groups excluding carboxylic acids is 2. The number of amides is 2. The van der Waals surface area contributed by atoms with E-state index in [-0.39, 0.29) is 30.8 Å². The predicted molar refractivity (Wildman–Crippen MR) is 141 cm³/mol. The van der Waals surface area contributed by atoms with Crippen molar-refractivity contribution in [2.45, 2.75) is 45.5 Å². The molecule has 2 aliphatic rings. The van der Waals surface area contributed by atoms with Crippen LogP contribution < -0.4 is 20.5 Å². The van der Waals surface area contributed by atoms with Gasteiger partial charge < -0.3 is 15.0 Å². The number of pyridine rings is 1. The first-order chi connectivity index (χ1) is 19.0. The summed E-state index contributed by atoms with van der Waals surface area (Å²) in [5, 5.41) is 4.15. The maximum absolute atomic E-state index is 14.2. The van der Waals surface area contributed by atoms with Crippen LogP contribution in [0.15, 0.2) is 65.6 Å². The molecule has 1 atom stereocenters. The number of nitrogens with zero attached hydrogens (tertiary/aromatic N) is 3. The lowest BCUT2D eigenvalue weighted by Gasteiger charge is -2.46. The zero-order chi connectivity index (χ0) is 28.8. The van der Waals surface area contributed by atoms with E-state index in [4.69, 9.17) is 4.74 Å². The van der Waals surface area contributed by atoms with Gasteiger partial charge in [0.2, 0.25) is 5.43 Å². The molecule has 11 heteroatoms. The molecule has 3 aromatic rings. The van der Waals surface area contributed by atoms with E-state index >= 15 is 0 Å². The minimum Gasteiger partial charge on any atom is -0.482 e. The molecule has 0 fully saturated rings. The largest absolute Gasteiger partial charge is 0.482 e. The number of fused-ring (bicyclic) bond motifs is 4. The molecule has 208 valence electrons. The third-order valence-corrected chi connectivity index (χ3v) is 7.10. The van der Waals surface area contributed by atoms with Crippen molar-refractivity contribution < 1.29 is 27.5 Å². The highest BCUT2D eigenvalue weighted by atomic mass is 19.1. The number of nitrogens with one attached hydrogen (secondary N) is 1. The first kappa shape index (κ1) is 27.0. The molecule has 1 aromatic heterocycles. The Bertz CT molecular complexity index is 1560. The molecule has 1 N–H and O–H groups in total. The van der Waals surface area contributed by atoms with Crippen molar-refractivity contribution in [2.75, 3.05) is 11.7 Å². The molecule has 0 saturated heterocycles. The Kier molecular flexibility index (Phi) is 6.91. The Morgan fingerprint density at radius 1 is 1.10 bits per heavy atom. The Balaban J connectivity index is 1.59. The highest BCUT2D eigenvalue weighted by Crippen LogP contribution is 2.31. The summed E-state index contributed by atoms with van der Waals surface area (Å²) in [6, 6.07) is 9.72. The molecule has 2 amide bonds. The fraction of sp³-hybridized carbons (Fsp3) is 0.276. The topological polar surface area (TPSA) is 83.9 Å². The molecule has 0 saturated carbocycles. The van der Waals surface area contributed by atoms with Crippen molar-refractivity contribution in [1.82, 2.24) is 14.9 Å². The number of benzene rings is 2. The molecular formula is C29H27F3N4O4. The van der Waals surface area contributed by atoms with Gasteiger partial charge in [-0.15, -0.1) is 0 Å². The lowest BCUT2D eigenvalue weighted by atomic mass is 10.0. The molecule has 0 unspecified atom stereocenters. The number of hydrogen-bond donors (Lipinski definition) is 1. The zero-order valence-electron chi connectivity index (χ0n) is 22.1. The minimum atomic E-state index is -1.18. The molecule has 2 bridgehead atoms. The highest BCUT2D eigenvalue weighted by molar-refractivity contribution is 5.99. The normalized spacial score (nSPS) is 17.4. The first-order valence-electron chi connectivity index (χ1n) is 12.6. The van der Waals surface area contributed by atoms with Gasteiger partial charge in [0.05, 0.1) is 5.54 Å². The van der Waals surface area contributed by atoms with Gasteiger partial charge in [0.25, 0.3) is 11.8 Å². The molecule has 0 radical (unpaired) electrons. The van der Waals surface area contributed by atoms with E-state index < -0.39 is 57.9 Å². The first-order valence-corrected chi connectivity index (χ1v) is 12.6. The van der Waals surface area contributed by atoms with Gasteiger partial charge in [-0.25, -0.2) is 13.2 Å². The third-order valence-electron chi connectivity index (χ3n) is 7.10. The van der Waals surface area contributed by atoms with Crippen LogP contribution >= 0.6 is 0 Å². The molecule has 2 aromatic carbocycles. The van der Waals surface area contributed by atoms with Crippen LogP contribution in [-0.2, 0) is 13.2 Å². The second kappa shape index (κ2) is 10.2. The zero-order valence-corrected chi connectivity index (χ0v) is 22.1. The average molecular weight is 553 g/mol. The van der Waals surface area contributed by atoms with Crippen molar-refractivity contribution in [1.29, 1.82) is 0 Å². The van der Waals surface area contributed by atoms with Gasteiger partial charge >= 0.3 is 0 Å². The Hall–Kier alpha value is -4.54. The van der Waals surface area contributed by atoms with Gasteiger partial charge in [0.1, 0.15) is 36.3 Å². The van der Waals surface area contributed by atoms with E-state index in [1.54, 1.807) is 29.2 Å². The Labute approximate surface area is 228 Å². The molecule has 8 nitrogen and oxygen atoms in total. The number of hydrogen-bond acceptors (Lipinski definition) is 5. The summed E-state index contributed by atoms with van der Waals surface area (Å²) in [5.74, 6) is -5.16. The SMILES string of the molecule is C[C@H]1C=CC(C)(C)N2CN1C(=O)c1c(OCc3ccccc3)c(=O)c(C(=O)NCc3c(F)cc(F)cc3F)cn12. The highest BCUT2D eigenvalue weighted by Gasteiger charge is 2.42. The molecule has 40 heavy (non-hydrogen) atoms. The van der Waals surface area contributed by atoms with Crippen LogP contribution in [0.2, 0.25) is 0 Å². The summed E-state index contributed by atoms with van der Waals surface area (Å²) >= 11 is 0. The number of halogens is 3. The predicted octanol–water partition coefficient (Wildman–Crippen LogP) is 3.86. The van der Waals surface area contributed by atoms with Gasteiger partial charge in [-0.2, -0.15) is 0 Å². The number of carbonyl (C=O) groups is 2. The van der Waals surface area contributed by atoms with Gasteiger partial charge in [-0.1, -0.05) is 42.5 Å². The number of rotatable bonds is 6. The van der Waals surface area contributed by atoms with Crippen molar-refractivity contribution in [3.63, 3.8) is 0 Å². The number of aromatic nitrogens is 1. The molecule has 3 heterocycles. The minimum absolute atomic E-state index is 0.0389. The molecule has 2 aliphatic heterocycles. The Morgan fingerprint density at radius 2 is 1.77 bits per heavy atom. The summed E-state index contributed by atoms with van der Waals surface area (Å²) in [6.45, 7) is 5.18. The fourth-order valence-corrected chi connectivity index (χ4v) is 4.75. The van der Waals surface area contributed by atoms with E-state index in [2.05, 4.69) is 5.32 Å². The maximum atomic E-state index is 14.2. The van der Waals surface area contributed by atoms with E-state index in [1.807, 2.05) is 44.0 Å². The van der Waals surface area contributed by atoms with Crippen molar-refractivity contribution >= 4 is 11.8 Å². The van der Waals surface area contributed by atoms with Crippen LogP contribution in [0.3, 0.4) is 0 Å². The van der Waals surface area contributed by atoms with E-state index in [1.165, 1.54) is 10.9 Å². The van der Waals surface area contributed by atoms with Gasteiger partial charge in [-0.05, 0) is 26.3 Å². The van der Waals surface area contributed by atoms with Gasteiger partial charge in [-0.3, -0.25) is 24.1 Å². The second-order valence-electron chi connectivity index (χ2n) is 10.3. The van der Waals surface area contributed by atoms with Gasteiger partial charge in [0.15, 0.2) is 11.4 Å². The quantitative estimate of drug-likeness (QED) is 0.470. The lowest BCUT2D eigenvalue weighted by Crippen LogP contribution is -2.61. The summed E-state index contributed by atoms with van der Waals surface area (Å²) in [7, 11) is 0. The summed E-state index contributed by atoms with van der Waals surface area (Å²) in [6.07, 6.45) is 5.06. The van der Waals surface area contributed by atoms with Crippen LogP contribution in [0.25, 0.3) is 0 Å². The Morgan fingerprint density at radius 3 is 2.45 bits per heavy atom. The summed E-state index contributed by atoms with van der Waals surface area (Å²) in [5.41, 5.74) is -1.76. The van der Waals surface area contributed by atoms with Crippen molar-refractivity contribution in [3.8, 4) is 5.75 Å². The molecular weight excluding hydrogens is 525 g/mol. The van der Waals surface area contributed by atoms with Crippen LogP contribution in [0.5, 0.6) is 5.75 Å². The van der Waals surface area contributed by atoms with E-state index in [9.17, 15) is 27.6 Å². The standard InChI is InChI=1S/C29H27F3N4O4/c1-17-9-10-29(2,3)36-16-34(17)28(39)24-26(40-15-18-7-5-4-6-8-18)25(37)21(14-35(24)36)27(38)33-13-20-22(31)11-19(30)12-23(20)32/h4-12,14,17H,13,15-16H2,1-3H3,(H,33,38)/t17-/m0/s1. The van der Waals surface area contributed by atoms with E-state index in [0.29, 0.717) is 12.1 Å². The van der Waals surface area contributed by atoms with Gasteiger partial charge in [0, 0.05) is 36.5 Å².